The van der Waals surface area contributed by atoms with Gasteiger partial charge in [-0.3, -0.25) is 4.18 Å². The molecule has 2 fully saturated rings. The molecule has 4 atom stereocenters. The van der Waals surface area contributed by atoms with Gasteiger partial charge in [0.15, 0.2) is 0 Å². The highest BCUT2D eigenvalue weighted by atomic mass is 32.2. The Bertz CT molecular complexity index is 393. The van der Waals surface area contributed by atoms with Gasteiger partial charge in [-0.2, -0.15) is 21.6 Å². The summed E-state index contributed by atoms with van der Waals surface area (Å²) in [5.74, 6) is 0. The third-order valence-corrected chi connectivity index (χ3v) is 3.58. The fourth-order valence-corrected chi connectivity index (χ4v) is 2.34. The largest absolute Gasteiger partial charge is 0.523 e. The first-order valence-corrected chi connectivity index (χ1v) is 6.04. The maximum atomic E-state index is 12.1. The summed E-state index contributed by atoms with van der Waals surface area (Å²) in [6.45, 7) is -0.497. The quantitative estimate of drug-likeness (QED) is 0.535. The van der Waals surface area contributed by atoms with Crippen LogP contribution in [0.25, 0.3) is 0 Å². The second-order valence-corrected chi connectivity index (χ2v) is 5.26. The molecule has 2 heterocycles. The Hall–Kier alpha value is -0.420. The molecule has 100 valence electrons. The van der Waals surface area contributed by atoms with Crippen LogP contribution in [0.3, 0.4) is 0 Å². The zero-order chi connectivity index (χ0) is 12.8. The molecule has 2 saturated heterocycles. The number of hydrogen-bond donors (Lipinski definition) is 1. The monoisotopic (exact) mass is 278 g/mol. The van der Waals surface area contributed by atoms with Crippen molar-refractivity contribution in [3.05, 3.63) is 0 Å². The second kappa shape index (κ2) is 4.05. The van der Waals surface area contributed by atoms with Gasteiger partial charge < -0.3 is 14.6 Å². The minimum Gasteiger partial charge on any atom is -0.388 e. The molecule has 0 aromatic carbocycles. The van der Waals surface area contributed by atoms with Gasteiger partial charge in [-0.1, -0.05) is 0 Å². The molecule has 2 aliphatic rings. The lowest BCUT2D eigenvalue weighted by Gasteiger charge is -2.17. The molecule has 2 aliphatic heterocycles. The van der Waals surface area contributed by atoms with E-state index in [0.717, 1.165) is 0 Å². The molecule has 1 N–H and O–H groups in total. The van der Waals surface area contributed by atoms with Gasteiger partial charge in [-0.05, 0) is 0 Å². The number of aliphatic hydroxyl groups excluding tert-OH is 1. The van der Waals surface area contributed by atoms with Crippen LogP contribution in [0.2, 0.25) is 0 Å². The van der Waals surface area contributed by atoms with Gasteiger partial charge in [-0.15, -0.1) is 0 Å². The summed E-state index contributed by atoms with van der Waals surface area (Å²) in [5.41, 5.74) is -5.48. The van der Waals surface area contributed by atoms with Crippen molar-refractivity contribution in [2.24, 2.45) is 0 Å². The van der Waals surface area contributed by atoms with Crippen molar-refractivity contribution >= 4 is 10.1 Å². The summed E-state index contributed by atoms with van der Waals surface area (Å²) in [6.07, 6.45) is -4.21. The summed E-state index contributed by atoms with van der Waals surface area (Å²) < 4.78 is 71.6. The molecule has 17 heavy (non-hydrogen) atoms. The van der Waals surface area contributed by atoms with Crippen LogP contribution >= 0.6 is 0 Å². The van der Waals surface area contributed by atoms with Crippen LogP contribution in [-0.4, -0.2) is 56.7 Å². The number of ether oxygens (including phenoxy) is 2. The Morgan fingerprint density at radius 2 is 1.76 bits per heavy atom. The summed E-state index contributed by atoms with van der Waals surface area (Å²) >= 11 is 0. The van der Waals surface area contributed by atoms with E-state index in [1.165, 1.54) is 0 Å². The lowest BCUT2D eigenvalue weighted by atomic mass is 10.1. The number of aliphatic hydroxyl groups is 1. The Labute approximate surface area is 94.4 Å². The molecular formula is C7H9F3O6S. The topological polar surface area (TPSA) is 82.1 Å². The molecule has 0 unspecified atom stereocenters. The molecule has 0 amide bonds. The average Bonchev–Trinajstić information content (AvgIpc) is 2.70. The van der Waals surface area contributed by atoms with E-state index in [9.17, 15) is 26.7 Å². The van der Waals surface area contributed by atoms with Crippen LogP contribution < -0.4 is 0 Å². The minimum absolute atomic E-state index is 0.124. The van der Waals surface area contributed by atoms with E-state index in [1.807, 2.05) is 0 Å². The molecule has 0 radical (unpaired) electrons. The van der Waals surface area contributed by atoms with Crippen LogP contribution in [-0.2, 0) is 23.8 Å². The Morgan fingerprint density at radius 3 is 2.35 bits per heavy atom. The number of alkyl halides is 3. The van der Waals surface area contributed by atoms with E-state index in [4.69, 9.17) is 9.47 Å². The lowest BCUT2D eigenvalue weighted by molar-refractivity contribution is -0.0629. The van der Waals surface area contributed by atoms with Gasteiger partial charge in [0, 0.05) is 0 Å². The molecule has 0 aromatic rings. The summed E-state index contributed by atoms with van der Waals surface area (Å²) in [4.78, 5) is 0. The van der Waals surface area contributed by atoms with Crippen LogP contribution in [0, 0.1) is 0 Å². The molecule has 0 bridgehead atoms. The Morgan fingerprint density at radius 1 is 1.18 bits per heavy atom. The fourth-order valence-electron chi connectivity index (χ4n) is 1.74. The van der Waals surface area contributed by atoms with Crippen molar-refractivity contribution in [3.8, 4) is 0 Å². The summed E-state index contributed by atoms with van der Waals surface area (Å²) in [7, 11) is -5.68. The van der Waals surface area contributed by atoms with Crippen molar-refractivity contribution in [3.63, 3.8) is 0 Å². The Kier molecular flexibility index (Phi) is 3.11. The van der Waals surface area contributed by atoms with E-state index in [1.54, 1.807) is 0 Å². The highest BCUT2D eigenvalue weighted by molar-refractivity contribution is 7.87. The van der Waals surface area contributed by atoms with Crippen molar-refractivity contribution in [2.45, 2.75) is 29.9 Å². The van der Waals surface area contributed by atoms with E-state index in [-0.39, 0.29) is 13.2 Å². The van der Waals surface area contributed by atoms with E-state index < -0.39 is 40.0 Å². The molecule has 10 heteroatoms. The standard InChI is InChI=1S/C7H9F3O6S/c8-7(9,10)17(12,13)16-4-2-15-5-3(11)1-14-6(4)5/h3-6,11H,1-2H2/t3-,4+,5+,6+/m1/s1. The third kappa shape index (κ3) is 2.27. The summed E-state index contributed by atoms with van der Waals surface area (Å²) in [6, 6.07) is 0. The van der Waals surface area contributed by atoms with Crippen LogP contribution in [0.1, 0.15) is 0 Å². The predicted molar refractivity (Wildman–Crippen MR) is 45.3 cm³/mol. The maximum Gasteiger partial charge on any atom is 0.523 e. The molecule has 2 rings (SSSR count). The summed E-state index contributed by atoms with van der Waals surface area (Å²) in [5, 5.41) is 9.30. The molecule has 0 aliphatic carbocycles. The van der Waals surface area contributed by atoms with Crippen molar-refractivity contribution < 1.29 is 40.4 Å². The molecule has 0 saturated carbocycles. The Balaban J connectivity index is 2.07. The van der Waals surface area contributed by atoms with Gasteiger partial charge in [-0.25, -0.2) is 0 Å². The van der Waals surface area contributed by atoms with Gasteiger partial charge in [0.05, 0.1) is 13.2 Å². The fraction of sp³-hybridized carbons (Fsp3) is 1.00. The van der Waals surface area contributed by atoms with Crippen molar-refractivity contribution in [2.75, 3.05) is 13.2 Å². The maximum absolute atomic E-state index is 12.1. The first kappa shape index (κ1) is 13.0. The van der Waals surface area contributed by atoms with Crippen LogP contribution in [0.15, 0.2) is 0 Å². The number of fused-ring (bicyclic) bond motifs is 1. The second-order valence-electron chi connectivity index (χ2n) is 3.70. The smallest absolute Gasteiger partial charge is 0.388 e. The molecule has 0 spiro atoms. The van der Waals surface area contributed by atoms with Gasteiger partial charge in [0.2, 0.25) is 0 Å². The zero-order valence-corrected chi connectivity index (χ0v) is 9.07. The first-order valence-electron chi connectivity index (χ1n) is 4.63. The van der Waals surface area contributed by atoms with E-state index in [0.29, 0.717) is 0 Å². The number of rotatable bonds is 2. The molecule has 0 aromatic heterocycles. The minimum atomic E-state index is -5.68. The normalized spacial score (nSPS) is 38.4. The highest BCUT2D eigenvalue weighted by Gasteiger charge is 2.54. The molecule has 6 nitrogen and oxygen atoms in total. The first-order chi connectivity index (χ1) is 7.72. The lowest BCUT2D eigenvalue weighted by Crippen LogP contribution is -2.37. The van der Waals surface area contributed by atoms with E-state index >= 15 is 0 Å². The van der Waals surface area contributed by atoms with Crippen molar-refractivity contribution in [1.29, 1.82) is 0 Å². The van der Waals surface area contributed by atoms with Gasteiger partial charge >= 0.3 is 15.6 Å². The third-order valence-electron chi connectivity index (χ3n) is 2.52. The van der Waals surface area contributed by atoms with E-state index in [2.05, 4.69) is 4.18 Å². The van der Waals surface area contributed by atoms with Gasteiger partial charge in [0.25, 0.3) is 0 Å². The van der Waals surface area contributed by atoms with Gasteiger partial charge in [0.1, 0.15) is 24.4 Å². The average molecular weight is 278 g/mol. The zero-order valence-electron chi connectivity index (χ0n) is 8.25. The number of halogens is 3. The molecular weight excluding hydrogens is 269 g/mol. The van der Waals surface area contributed by atoms with Crippen LogP contribution in [0.5, 0.6) is 0 Å². The highest BCUT2D eigenvalue weighted by Crippen LogP contribution is 2.33. The van der Waals surface area contributed by atoms with Crippen molar-refractivity contribution in [1.82, 2.24) is 0 Å². The SMILES string of the molecule is O=S(=O)(O[C@H]1CO[C@@H]2[C@H]1OC[C@H]2O)C(F)(F)F. The number of hydrogen-bond acceptors (Lipinski definition) is 6. The van der Waals surface area contributed by atoms with Crippen LogP contribution in [0.4, 0.5) is 13.2 Å². The predicted octanol–water partition coefficient (Wildman–Crippen LogP) is -0.620.